The van der Waals surface area contributed by atoms with E-state index in [2.05, 4.69) is 248 Å². The third-order valence-corrected chi connectivity index (χ3v) is 14.6. The molecular weight excluding hydrogens is 809 g/mol. The van der Waals surface area contributed by atoms with Gasteiger partial charge in [-0.3, -0.25) is 4.57 Å². The Morgan fingerprint density at radius 2 is 0.776 bits per heavy atom. The number of benzene rings is 11. The van der Waals surface area contributed by atoms with Gasteiger partial charge in [-0.2, -0.15) is 0 Å². The number of imidazole rings is 1. The van der Waals surface area contributed by atoms with Gasteiger partial charge in [0.1, 0.15) is 5.82 Å². The largest absolute Gasteiger partial charge is 0.292 e. The number of hydrogen-bond acceptors (Lipinski definition) is 1. The normalized spacial score (nSPS) is 13.0. The topological polar surface area (TPSA) is 17.8 Å². The molecule has 12 aromatic rings. The minimum Gasteiger partial charge on any atom is -0.292 e. The summed E-state index contributed by atoms with van der Waals surface area (Å²) >= 11 is 0. The van der Waals surface area contributed by atoms with Crippen LogP contribution in [0.4, 0.5) is 0 Å². The third-order valence-electron chi connectivity index (χ3n) is 14.6. The van der Waals surface area contributed by atoms with Gasteiger partial charge in [0.2, 0.25) is 0 Å². The Kier molecular flexibility index (Phi) is 8.15. The van der Waals surface area contributed by atoms with Gasteiger partial charge in [0.25, 0.3) is 0 Å². The van der Waals surface area contributed by atoms with Gasteiger partial charge in [-0.15, -0.1) is 0 Å². The molecule has 312 valence electrons. The highest BCUT2D eigenvalue weighted by Crippen LogP contribution is 2.63. The number of rotatable bonds is 5. The highest BCUT2D eigenvalue weighted by molar-refractivity contribution is 5.99. The molecule has 0 radical (unpaired) electrons. The first kappa shape index (κ1) is 37.8. The maximum absolute atomic E-state index is 5.12. The average molecular weight is 851 g/mol. The van der Waals surface area contributed by atoms with Crippen molar-refractivity contribution in [3.8, 4) is 72.7 Å². The van der Waals surface area contributed by atoms with E-state index in [-0.39, 0.29) is 0 Å². The lowest BCUT2D eigenvalue weighted by atomic mass is 9.70. The minimum atomic E-state index is -0.431. The van der Waals surface area contributed by atoms with Gasteiger partial charge in [0, 0.05) is 11.3 Å². The van der Waals surface area contributed by atoms with Crippen molar-refractivity contribution in [1.82, 2.24) is 9.55 Å². The predicted molar refractivity (Wildman–Crippen MR) is 279 cm³/mol. The molecule has 2 aliphatic carbocycles. The number of aromatic nitrogens is 2. The van der Waals surface area contributed by atoms with Crippen LogP contribution in [0, 0.1) is 6.92 Å². The molecule has 2 heteroatoms. The zero-order valence-corrected chi connectivity index (χ0v) is 36.9. The van der Waals surface area contributed by atoms with Crippen LogP contribution in [0.15, 0.2) is 237 Å². The molecule has 1 heterocycles. The lowest BCUT2D eigenvalue weighted by Gasteiger charge is -2.31. The molecule has 0 aliphatic heterocycles. The van der Waals surface area contributed by atoms with Crippen LogP contribution in [0.3, 0.4) is 0 Å². The van der Waals surface area contributed by atoms with E-state index in [1.807, 2.05) is 0 Å². The zero-order valence-electron chi connectivity index (χ0n) is 36.9. The summed E-state index contributed by atoms with van der Waals surface area (Å²) in [5.41, 5.74) is 23.2. The van der Waals surface area contributed by atoms with Gasteiger partial charge < -0.3 is 0 Å². The standard InChI is InChI=1S/C65H42N2/c1-41-12-11-13-42(34-41)50-30-32-56-57-33-31-51(40-61(57)65(60(56)39-50)58-18-7-5-16-54(58)55-17-6-8-19-59(55)65)48-26-24-44-35-43(22-23-46(44)37-48)45-25-27-49-38-52(29-28-47(49)36-45)64-66-62-20-9-10-21-63(62)67(64)53-14-3-2-4-15-53/h2-40H,1H3. The van der Waals surface area contributed by atoms with E-state index in [1.54, 1.807) is 0 Å². The number of para-hydroxylation sites is 3. The van der Waals surface area contributed by atoms with Crippen molar-refractivity contribution in [2.24, 2.45) is 0 Å². The fraction of sp³-hybridized carbons (Fsp3) is 0.0308. The van der Waals surface area contributed by atoms with Gasteiger partial charge in [0.05, 0.1) is 16.4 Å². The molecule has 1 spiro atoms. The molecule has 67 heavy (non-hydrogen) atoms. The van der Waals surface area contributed by atoms with Gasteiger partial charge in [-0.05, 0) is 167 Å². The molecule has 0 saturated heterocycles. The van der Waals surface area contributed by atoms with Gasteiger partial charge in [-0.25, -0.2) is 4.98 Å². The molecule has 0 fully saturated rings. The average Bonchev–Trinajstić information content (AvgIpc) is 4.02. The molecule has 0 amide bonds. The summed E-state index contributed by atoms with van der Waals surface area (Å²) in [5.74, 6) is 0.943. The Hall–Kier alpha value is -8.59. The summed E-state index contributed by atoms with van der Waals surface area (Å²) in [4.78, 5) is 5.12. The van der Waals surface area contributed by atoms with Crippen LogP contribution in [0.25, 0.3) is 105 Å². The number of aryl methyl sites for hydroxylation is 1. The molecule has 0 bridgehead atoms. The summed E-state index contributed by atoms with van der Waals surface area (Å²) < 4.78 is 2.27. The maximum atomic E-state index is 5.12. The van der Waals surface area contributed by atoms with Crippen molar-refractivity contribution >= 4 is 32.6 Å². The predicted octanol–water partition coefficient (Wildman–Crippen LogP) is 16.7. The highest BCUT2D eigenvalue weighted by Gasteiger charge is 2.51. The molecule has 0 unspecified atom stereocenters. The first-order valence-electron chi connectivity index (χ1n) is 23.3. The number of hydrogen-bond donors (Lipinski definition) is 0. The lowest BCUT2D eigenvalue weighted by Crippen LogP contribution is -2.26. The van der Waals surface area contributed by atoms with E-state index in [9.17, 15) is 0 Å². The first-order valence-corrected chi connectivity index (χ1v) is 23.3. The van der Waals surface area contributed by atoms with Gasteiger partial charge in [-0.1, -0.05) is 181 Å². The quantitative estimate of drug-likeness (QED) is 0.169. The molecule has 14 rings (SSSR count). The SMILES string of the molecule is Cc1cccc(-c2ccc3c(c2)C2(c4ccccc4-c4ccccc42)c2cc(-c4ccc5cc(-c6ccc7cc(-c8nc9ccccc9n8-c8ccccc8)ccc7c6)ccc5c4)ccc2-3)c1. The van der Waals surface area contributed by atoms with E-state index in [4.69, 9.17) is 4.98 Å². The first-order chi connectivity index (χ1) is 33.1. The molecular formula is C65H42N2. The fourth-order valence-electron chi connectivity index (χ4n) is 11.6. The molecule has 2 nitrogen and oxygen atoms in total. The van der Waals surface area contributed by atoms with Crippen LogP contribution in [-0.4, -0.2) is 9.55 Å². The molecule has 1 aromatic heterocycles. The summed E-state index contributed by atoms with van der Waals surface area (Å²) in [6.07, 6.45) is 0. The summed E-state index contributed by atoms with van der Waals surface area (Å²) in [6.45, 7) is 2.18. The minimum absolute atomic E-state index is 0.431. The van der Waals surface area contributed by atoms with Gasteiger partial charge in [0.15, 0.2) is 0 Å². The Balaban J connectivity index is 0.833. The third kappa shape index (κ3) is 5.66. The zero-order chi connectivity index (χ0) is 44.2. The van der Waals surface area contributed by atoms with Crippen LogP contribution >= 0.6 is 0 Å². The number of fused-ring (bicyclic) bond motifs is 13. The molecule has 0 atom stereocenters. The van der Waals surface area contributed by atoms with Crippen molar-refractivity contribution in [3.63, 3.8) is 0 Å². The van der Waals surface area contributed by atoms with E-state index in [0.717, 1.165) is 28.1 Å². The van der Waals surface area contributed by atoms with E-state index in [1.165, 1.54) is 105 Å². The molecule has 11 aromatic carbocycles. The van der Waals surface area contributed by atoms with Crippen molar-refractivity contribution < 1.29 is 0 Å². The van der Waals surface area contributed by atoms with Crippen molar-refractivity contribution in [1.29, 1.82) is 0 Å². The van der Waals surface area contributed by atoms with Crippen LogP contribution in [-0.2, 0) is 5.41 Å². The second-order valence-electron chi connectivity index (χ2n) is 18.4. The lowest BCUT2D eigenvalue weighted by molar-refractivity contribution is 0.794. The van der Waals surface area contributed by atoms with Crippen LogP contribution in [0.2, 0.25) is 0 Å². The van der Waals surface area contributed by atoms with E-state index < -0.39 is 5.41 Å². The van der Waals surface area contributed by atoms with Crippen molar-refractivity contribution in [2.75, 3.05) is 0 Å². The monoisotopic (exact) mass is 850 g/mol. The van der Waals surface area contributed by atoms with Crippen LogP contribution in [0.1, 0.15) is 27.8 Å². The molecule has 2 aliphatic rings. The smallest absolute Gasteiger partial charge is 0.145 e. The molecule has 0 saturated carbocycles. The van der Waals surface area contributed by atoms with Crippen LogP contribution < -0.4 is 0 Å². The summed E-state index contributed by atoms with van der Waals surface area (Å²) in [6, 6.07) is 87.7. The second-order valence-corrected chi connectivity index (χ2v) is 18.4. The Morgan fingerprint density at radius 3 is 1.36 bits per heavy atom. The van der Waals surface area contributed by atoms with Gasteiger partial charge >= 0.3 is 0 Å². The molecule has 0 N–H and O–H groups in total. The Labute approximate surface area is 389 Å². The summed E-state index contributed by atoms with van der Waals surface area (Å²) in [5, 5.41) is 4.85. The summed E-state index contributed by atoms with van der Waals surface area (Å²) in [7, 11) is 0. The van der Waals surface area contributed by atoms with Crippen molar-refractivity contribution in [2.45, 2.75) is 12.3 Å². The number of nitrogens with zero attached hydrogens (tertiary/aromatic N) is 2. The Bertz CT molecular complexity index is 3960. The Morgan fingerprint density at radius 1 is 0.328 bits per heavy atom. The highest BCUT2D eigenvalue weighted by atomic mass is 15.1. The fourth-order valence-corrected chi connectivity index (χ4v) is 11.6. The van der Waals surface area contributed by atoms with Crippen molar-refractivity contribution in [3.05, 3.63) is 264 Å². The second kappa shape index (κ2) is 14.5. The van der Waals surface area contributed by atoms with E-state index in [0.29, 0.717) is 0 Å². The van der Waals surface area contributed by atoms with Crippen LogP contribution in [0.5, 0.6) is 0 Å². The van der Waals surface area contributed by atoms with E-state index >= 15 is 0 Å². The maximum Gasteiger partial charge on any atom is 0.145 e.